The van der Waals surface area contributed by atoms with Gasteiger partial charge in [-0.25, -0.2) is 0 Å². The molecule has 0 aromatic rings. The average molecular weight is 155 g/mol. The smallest absolute Gasteiger partial charge is 0.152 e. The Labute approximate surface area is 68.2 Å². The molecule has 0 amide bonds. The van der Waals surface area contributed by atoms with Crippen molar-refractivity contribution in [3.63, 3.8) is 0 Å². The monoisotopic (exact) mass is 155 g/mol. The summed E-state index contributed by atoms with van der Waals surface area (Å²) in [6, 6.07) is -0.176. The van der Waals surface area contributed by atoms with Crippen molar-refractivity contribution in [2.75, 3.05) is 0 Å². The largest absolute Gasteiger partial charge is 0.321 e. The number of ketones is 1. The van der Waals surface area contributed by atoms with Gasteiger partial charge in [-0.05, 0) is 19.3 Å². The van der Waals surface area contributed by atoms with Crippen LogP contribution in [0.5, 0.6) is 0 Å². The first-order chi connectivity index (χ1) is 5.25. The number of carbonyl (C=O) groups excluding carboxylic acids is 1. The van der Waals surface area contributed by atoms with Gasteiger partial charge < -0.3 is 5.73 Å². The molecule has 2 nitrogen and oxygen atoms in total. The average Bonchev–Trinajstić information content (AvgIpc) is 1.84. The standard InChI is InChI=1S/C9H17NO/c1-2-4-8(10)9(11)7-5-3-6-7/h7-8H,2-6,10H2,1H3/t8-/m1/s1. The molecule has 0 heterocycles. The molecule has 1 fully saturated rings. The van der Waals surface area contributed by atoms with Gasteiger partial charge in [0.25, 0.3) is 0 Å². The first-order valence-corrected chi connectivity index (χ1v) is 4.55. The predicted octanol–water partition coefficient (Wildman–Crippen LogP) is 1.48. The van der Waals surface area contributed by atoms with Crippen molar-refractivity contribution < 1.29 is 4.79 Å². The molecule has 0 saturated heterocycles. The van der Waals surface area contributed by atoms with Crippen LogP contribution in [0.2, 0.25) is 0 Å². The van der Waals surface area contributed by atoms with E-state index in [4.69, 9.17) is 5.73 Å². The molecule has 1 rings (SSSR count). The Morgan fingerprint density at radius 1 is 1.64 bits per heavy atom. The van der Waals surface area contributed by atoms with Crippen LogP contribution in [0.15, 0.2) is 0 Å². The third kappa shape index (κ3) is 2.03. The quantitative estimate of drug-likeness (QED) is 0.668. The maximum atomic E-state index is 11.4. The Hall–Kier alpha value is -0.370. The zero-order chi connectivity index (χ0) is 8.27. The predicted molar refractivity (Wildman–Crippen MR) is 45.2 cm³/mol. The second-order valence-corrected chi connectivity index (χ2v) is 3.43. The fraction of sp³-hybridized carbons (Fsp3) is 0.889. The van der Waals surface area contributed by atoms with Crippen molar-refractivity contribution in [1.29, 1.82) is 0 Å². The summed E-state index contributed by atoms with van der Waals surface area (Å²) in [4.78, 5) is 11.4. The van der Waals surface area contributed by atoms with Crippen LogP contribution in [0.25, 0.3) is 0 Å². The Morgan fingerprint density at radius 2 is 2.27 bits per heavy atom. The van der Waals surface area contributed by atoms with Gasteiger partial charge in [-0.1, -0.05) is 19.8 Å². The summed E-state index contributed by atoms with van der Waals surface area (Å²) < 4.78 is 0. The van der Waals surface area contributed by atoms with Crippen LogP contribution < -0.4 is 5.73 Å². The van der Waals surface area contributed by atoms with Crippen molar-refractivity contribution >= 4 is 5.78 Å². The van der Waals surface area contributed by atoms with Gasteiger partial charge in [0.15, 0.2) is 5.78 Å². The maximum absolute atomic E-state index is 11.4. The number of carbonyl (C=O) groups is 1. The van der Waals surface area contributed by atoms with E-state index in [0.717, 1.165) is 25.7 Å². The molecule has 1 aliphatic rings. The lowest BCUT2D eigenvalue weighted by Gasteiger charge is -2.26. The molecule has 0 spiro atoms. The van der Waals surface area contributed by atoms with E-state index in [2.05, 4.69) is 6.92 Å². The van der Waals surface area contributed by atoms with Crippen LogP contribution in [0.3, 0.4) is 0 Å². The third-order valence-corrected chi connectivity index (χ3v) is 2.47. The molecule has 0 aliphatic heterocycles. The summed E-state index contributed by atoms with van der Waals surface area (Å²) in [5.74, 6) is 0.620. The zero-order valence-electron chi connectivity index (χ0n) is 7.18. The van der Waals surface area contributed by atoms with Gasteiger partial charge in [-0.15, -0.1) is 0 Å². The topological polar surface area (TPSA) is 43.1 Å². The Morgan fingerprint density at radius 3 is 2.64 bits per heavy atom. The number of hydrogen-bond acceptors (Lipinski definition) is 2. The highest BCUT2D eigenvalue weighted by atomic mass is 16.1. The SMILES string of the molecule is CCC[C@@H](N)C(=O)C1CCC1. The van der Waals surface area contributed by atoms with E-state index in [1.54, 1.807) is 0 Å². The molecule has 1 aliphatic carbocycles. The summed E-state index contributed by atoms with van der Waals surface area (Å²) in [6.45, 7) is 2.06. The van der Waals surface area contributed by atoms with E-state index in [1.807, 2.05) is 0 Å². The second-order valence-electron chi connectivity index (χ2n) is 3.43. The minimum atomic E-state index is -0.176. The fourth-order valence-electron chi connectivity index (χ4n) is 1.45. The summed E-state index contributed by atoms with van der Waals surface area (Å²) >= 11 is 0. The molecular weight excluding hydrogens is 138 g/mol. The van der Waals surface area contributed by atoms with Crippen molar-refractivity contribution in [2.24, 2.45) is 11.7 Å². The maximum Gasteiger partial charge on any atom is 0.152 e. The summed E-state index contributed by atoms with van der Waals surface area (Å²) in [6.07, 6.45) is 5.25. The molecule has 1 saturated carbocycles. The van der Waals surface area contributed by atoms with Crippen molar-refractivity contribution in [3.8, 4) is 0 Å². The molecule has 0 aromatic heterocycles. The van der Waals surface area contributed by atoms with E-state index >= 15 is 0 Å². The highest BCUT2D eigenvalue weighted by Gasteiger charge is 2.28. The first-order valence-electron chi connectivity index (χ1n) is 4.55. The normalized spacial score (nSPS) is 20.9. The van der Waals surface area contributed by atoms with E-state index < -0.39 is 0 Å². The summed E-state index contributed by atoms with van der Waals surface area (Å²) in [5.41, 5.74) is 5.69. The second kappa shape index (κ2) is 3.86. The third-order valence-electron chi connectivity index (χ3n) is 2.47. The highest BCUT2D eigenvalue weighted by molar-refractivity contribution is 5.86. The van der Waals surface area contributed by atoms with Crippen LogP contribution in [0, 0.1) is 5.92 Å². The molecule has 2 N–H and O–H groups in total. The van der Waals surface area contributed by atoms with Gasteiger partial charge in [0.2, 0.25) is 0 Å². The summed E-state index contributed by atoms with van der Waals surface area (Å²) in [5, 5.41) is 0. The highest BCUT2D eigenvalue weighted by Crippen LogP contribution is 2.28. The first kappa shape index (κ1) is 8.72. The lowest BCUT2D eigenvalue weighted by Crippen LogP contribution is -2.38. The Balaban J connectivity index is 2.27. The number of hydrogen-bond donors (Lipinski definition) is 1. The summed E-state index contributed by atoms with van der Waals surface area (Å²) in [7, 11) is 0. The van der Waals surface area contributed by atoms with Gasteiger partial charge in [0, 0.05) is 5.92 Å². The molecule has 0 aromatic carbocycles. The van der Waals surface area contributed by atoms with Crippen LogP contribution in [-0.2, 0) is 4.79 Å². The molecule has 64 valence electrons. The molecular formula is C9H17NO. The van der Waals surface area contributed by atoms with Crippen molar-refractivity contribution in [2.45, 2.75) is 45.1 Å². The molecule has 2 heteroatoms. The lowest BCUT2D eigenvalue weighted by atomic mass is 9.79. The zero-order valence-corrected chi connectivity index (χ0v) is 7.18. The van der Waals surface area contributed by atoms with Crippen LogP contribution in [-0.4, -0.2) is 11.8 Å². The van der Waals surface area contributed by atoms with Gasteiger partial charge in [-0.2, -0.15) is 0 Å². The van der Waals surface area contributed by atoms with Gasteiger partial charge in [0.05, 0.1) is 6.04 Å². The fourth-order valence-corrected chi connectivity index (χ4v) is 1.45. The van der Waals surface area contributed by atoms with E-state index in [0.29, 0.717) is 11.7 Å². The Bertz CT molecular complexity index is 140. The molecule has 0 unspecified atom stereocenters. The van der Waals surface area contributed by atoms with Crippen LogP contribution in [0.4, 0.5) is 0 Å². The van der Waals surface area contributed by atoms with Crippen molar-refractivity contribution in [1.82, 2.24) is 0 Å². The number of nitrogens with two attached hydrogens (primary N) is 1. The van der Waals surface area contributed by atoms with Crippen molar-refractivity contribution in [3.05, 3.63) is 0 Å². The molecule has 11 heavy (non-hydrogen) atoms. The van der Waals surface area contributed by atoms with E-state index in [-0.39, 0.29) is 6.04 Å². The molecule has 0 bridgehead atoms. The van der Waals surface area contributed by atoms with E-state index in [1.165, 1.54) is 6.42 Å². The number of Topliss-reactive ketones (excluding diaryl/α,β-unsaturated/α-hetero) is 1. The van der Waals surface area contributed by atoms with Crippen LogP contribution >= 0.6 is 0 Å². The van der Waals surface area contributed by atoms with Gasteiger partial charge in [-0.3, -0.25) is 4.79 Å². The molecule has 1 atom stereocenters. The van der Waals surface area contributed by atoms with Crippen LogP contribution in [0.1, 0.15) is 39.0 Å². The van der Waals surface area contributed by atoms with Gasteiger partial charge in [0.1, 0.15) is 0 Å². The van der Waals surface area contributed by atoms with Gasteiger partial charge >= 0.3 is 0 Å². The minimum absolute atomic E-state index is 0.176. The molecule has 0 radical (unpaired) electrons. The van der Waals surface area contributed by atoms with E-state index in [9.17, 15) is 4.79 Å². The number of rotatable bonds is 4. The lowest BCUT2D eigenvalue weighted by molar-refractivity contribution is -0.126. The Kier molecular flexibility index (Phi) is 3.06. The minimum Gasteiger partial charge on any atom is -0.321 e.